The second-order valence-corrected chi connectivity index (χ2v) is 3.69. The number of hydrogen-bond donors (Lipinski definition) is 0. The number of hydrogen-bond acceptors (Lipinski definition) is 3. The van der Waals surface area contributed by atoms with Gasteiger partial charge >= 0.3 is 0 Å². The normalized spacial score (nSPS) is 16.9. The predicted molar refractivity (Wildman–Crippen MR) is 40.2 cm³/mol. The Balaban J connectivity index is 2.41. The second-order valence-electron chi connectivity index (χ2n) is 2.41. The van der Waals surface area contributed by atoms with Gasteiger partial charge in [-0.3, -0.25) is 0 Å². The molecule has 0 amide bonds. The zero-order chi connectivity index (χ0) is 6.97. The number of aromatic nitrogens is 1. The summed E-state index contributed by atoms with van der Waals surface area (Å²) in [6, 6.07) is 0. The van der Waals surface area contributed by atoms with Gasteiger partial charge in [-0.15, -0.1) is 11.3 Å². The van der Waals surface area contributed by atoms with E-state index in [1.165, 1.54) is 10.6 Å². The maximum atomic E-state index is 5.28. The molecular formula is C7H9NOS. The van der Waals surface area contributed by atoms with E-state index in [9.17, 15) is 0 Å². The van der Waals surface area contributed by atoms with E-state index in [1.807, 2.05) is 6.92 Å². The second kappa shape index (κ2) is 2.32. The van der Waals surface area contributed by atoms with Gasteiger partial charge in [0.15, 0.2) is 0 Å². The molecule has 0 radical (unpaired) electrons. The van der Waals surface area contributed by atoms with Crippen molar-refractivity contribution in [2.24, 2.45) is 0 Å². The van der Waals surface area contributed by atoms with Gasteiger partial charge in [0, 0.05) is 6.42 Å². The van der Waals surface area contributed by atoms with E-state index in [0.29, 0.717) is 0 Å². The highest BCUT2D eigenvalue weighted by Gasteiger charge is 2.12. The van der Waals surface area contributed by atoms with Crippen LogP contribution in [-0.4, -0.2) is 11.6 Å². The standard InChI is InChI=1S/C7H9NOS/c1-5-8-6-2-3-9-4-7(6)10-5/h2-4H2,1H3. The summed E-state index contributed by atoms with van der Waals surface area (Å²) in [5.74, 6) is 0. The average molecular weight is 155 g/mol. The molecule has 54 valence electrons. The Hall–Kier alpha value is -0.410. The molecule has 10 heavy (non-hydrogen) atoms. The highest BCUT2D eigenvalue weighted by atomic mass is 32.1. The number of fused-ring (bicyclic) bond motifs is 1. The van der Waals surface area contributed by atoms with Crippen LogP contribution in [0.25, 0.3) is 0 Å². The van der Waals surface area contributed by atoms with E-state index >= 15 is 0 Å². The molecule has 2 rings (SSSR count). The van der Waals surface area contributed by atoms with Crippen molar-refractivity contribution < 1.29 is 4.74 Å². The first-order valence-corrected chi connectivity index (χ1v) is 4.21. The molecule has 0 aromatic carbocycles. The molecule has 0 aliphatic carbocycles. The third-order valence-electron chi connectivity index (χ3n) is 1.60. The molecule has 0 fully saturated rings. The van der Waals surface area contributed by atoms with Crippen molar-refractivity contribution in [1.29, 1.82) is 0 Å². The minimum atomic E-state index is 0.779. The van der Waals surface area contributed by atoms with Gasteiger partial charge in [0.25, 0.3) is 0 Å². The smallest absolute Gasteiger partial charge is 0.0901 e. The van der Waals surface area contributed by atoms with Gasteiger partial charge in [-0.2, -0.15) is 0 Å². The van der Waals surface area contributed by atoms with Crippen LogP contribution in [0.2, 0.25) is 0 Å². The number of ether oxygens (including phenoxy) is 1. The summed E-state index contributed by atoms with van der Waals surface area (Å²) in [4.78, 5) is 5.71. The minimum absolute atomic E-state index is 0.779. The maximum absolute atomic E-state index is 5.28. The Labute approximate surface area is 63.9 Å². The summed E-state index contributed by atoms with van der Waals surface area (Å²) < 4.78 is 5.28. The summed E-state index contributed by atoms with van der Waals surface area (Å²) >= 11 is 1.75. The number of nitrogens with zero attached hydrogens (tertiary/aromatic N) is 1. The Morgan fingerprint density at radius 1 is 1.60 bits per heavy atom. The number of aryl methyl sites for hydroxylation is 1. The molecule has 2 nitrogen and oxygen atoms in total. The van der Waals surface area contributed by atoms with Crippen LogP contribution >= 0.6 is 11.3 Å². The molecular weight excluding hydrogens is 146 g/mol. The van der Waals surface area contributed by atoms with Crippen molar-refractivity contribution in [2.75, 3.05) is 6.61 Å². The third-order valence-corrected chi connectivity index (χ3v) is 2.59. The molecule has 1 aliphatic rings. The molecule has 0 bridgehead atoms. The molecule has 0 unspecified atom stereocenters. The average Bonchev–Trinajstić information content (AvgIpc) is 2.27. The van der Waals surface area contributed by atoms with E-state index in [2.05, 4.69) is 4.98 Å². The first kappa shape index (κ1) is 6.31. The highest BCUT2D eigenvalue weighted by Crippen LogP contribution is 2.22. The zero-order valence-corrected chi connectivity index (χ0v) is 6.70. The van der Waals surface area contributed by atoms with Gasteiger partial charge in [-0.1, -0.05) is 0 Å². The molecule has 3 heteroatoms. The first-order chi connectivity index (χ1) is 4.86. The predicted octanol–water partition coefficient (Wildman–Crippen LogP) is 1.52. The number of rotatable bonds is 0. The largest absolute Gasteiger partial charge is 0.375 e. The molecule has 1 aromatic heterocycles. The van der Waals surface area contributed by atoms with Crippen molar-refractivity contribution in [3.05, 3.63) is 15.6 Å². The van der Waals surface area contributed by atoms with Crippen LogP contribution in [0, 0.1) is 6.92 Å². The van der Waals surface area contributed by atoms with Crippen LogP contribution in [0.4, 0.5) is 0 Å². The first-order valence-electron chi connectivity index (χ1n) is 3.39. The van der Waals surface area contributed by atoms with Gasteiger partial charge < -0.3 is 4.74 Å². The summed E-state index contributed by atoms with van der Waals surface area (Å²) in [5.41, 5.74) is 1.26. The van der Waals surface area contributed by atoms with Gasteiger partial charge in [0.2, 0.25) is 0 Å². The lowest BCUT2D eigenvalue weighted by atomic mass is 10.2. The van der Waals surface area contributed by atoms with E-state index in [-0.39, 0.29) is 0 Å². The van der Waals surface area contributed by atoms with Crippen LogP contribution < -0.4 is 0 Å². The van der Waals surface area contributed by atoms with Crippen molar-refractivity contribution in [3.63, 3.8) is 0 Å². The monoisotopic (exact) mass is 155 g/mol. The summed E-state index contributed by atoms with van der Waals surface area (Å²) in [6.45, 7) is 3.67. The zero-order valence-electron chi connectivity index (χ0n) is 5.89. The van der Waals surface area contributed by atoms with Gasteiger partial charge in [-0.05, 0) is 6.92 Å². The van der Waals surface area contributed by atoms with Crippen LogP contribution in [0.1, 0.15) is 15.6 Å². The lowest BCUT2D eigenvalue weighted by Crippen LogP contribution is -2.07. The fourth-order valence-electron chi connectivity index (χ4n) is 1.15. The molecule has 0 atom stereocenters. The van der Waals surface area contributed by atoms with Gasteiger partial charge in [-0.25, -0.2) is 4.98 Å². The van der Waals surface area contributed by atoms with Crippen molar-refractivity contribution in [2.45, 2.75) is 20.0 Å². The van der Waals surface area contributed by atoms with E-state index in [4.69, 9.17) is 4.74 Å². The Morgan fingerprint density at radius 3 is 3.30 bits per heavy atom. The molecule has 1 aromatic rings. The number of thiazole rings is 1. The summed E-state index contributed by atoms with van der Waals surface area (Å²) in [7, 11) is 0. The van der Waals surface area contributed by atoms with E-state index in [1.54, 1.807) is 11.3 Å². The highest BCUT2D eigenvalue weighted by molar-refractivity contribution is 7.11. The molecule has 1 aliphatic heterocycles. The van der Waals surface area contributed by atoms with E-state index < -0.39 is 0 Å². The third kappa shape index (κ3) is 0.954. The lowest BCUT2D eigenvalue weighted by molar-refractivity contribution is 0.112. The van der Waals surface area contributed by atoms with Crippen molar-refractivity contribution >= 4 is 11.3 Å². The SMILES string of the molecule is Cc1nc2c(s1)COCC2. The van der Waals surface area contributed by atoms with Gasteiger partial charge in [0.05, 0.1) is 28.8 Å². The fraction of sp³-hybridized carbons (Fsp3) is 0.571. The van der Waals surface area contributed by atoms with Crippen LogP contribution in [0.15, 0.2) is 0 Å². The van der Waals surface area contributed by atoms with Crippen molar-refractivity contribution in [1.82, 2.24) is 4.98 Å². The molecule has 0 N–H and O–H groups in total. The Morgan fingerprint density at radius 2 is 2.50 bits per heavy atom. The fourth-order valence-corrected chi connectivity index (χ4v) is 2.07. The van der Waals surface area contributed by atoms with Crippen LogP contribution in [-0.2, 0) is 17.8 Å². The molecule has 0 saturated heterocycles. The van der Waals surface area contributed by atoms with Gasteiger partial charge in [0.1, 0.15) is 0 Å². The van der Waals surface area contributed by atoms with Crippen molar-refractivity contribution in [3.8, 4) is 0 Å². The summed E-state index contributed by atoms with van der Waals surface area (Å²) in [5, 5.41) is 1.16. The van der Waals surface area contributed by atoms with E-state index in [0.717, 1.165) is 24.6 Å². The van der Waals surface area contributed by atoms with Crippen LogP contribution in [0.5, 0.6) is 0 Å². The quantitative estimate of drug-likeness (QED) is 0.566. The topological polar surface area (TPSA) is 22.1 Å². The summed E-state index contributed by atoms with van der Waals surface area (Å²) in [6.07, 6.45) is 1.000. The Kier molecular flexibility index (Phi) is 1.47. The Bertz CT molecular complexity index is 220. The van der Waals surface area contributed by atoms with Crippen LogP contribution in [0.3, 0.4) is 0 Å². The lowest BCUT2D eigenvalue weighted by Gasteiger charge is -2.08. The maximum Gasteiger partial charge on any atom is 0.0901 e. The minimum Gasteiger partial charge on any atom is -0.375 e. The molecule has 0 spiro atoms. The molecule has 2 heterocycles. The molecule has 0 saturated carbocycles.